The van der Waals surface area contributed by atoms with Crippen LogP contribution in [0.3, 0.4) is 0 Å². The lowest BCUT2D eigenvalue weighted by atomic mass is 10.1. The molecule has 0 bridgehead atoms. The monoisotopic (exact) mass is 313 g/mol. The number of amides is 1. The van der Waals surface area contributed by atoms with Gasteiger partial charge < -0.3 is 5.32 Å². The van der Waals surface area contributed by atoms with E-state index in [1.165, 1.54) is 12.1 Å². The maximum absolute atomic E-state index is 12.4. The van der Waals surface area contributed by atoms with Crippen molar-refractivity contribution < 1.29 is 18.0 Å². The number of hydrogen-bond acceptors (Lipinski definition) is 2. The van der Waals surface area contributed by atoms with Crippen LogP contribution in [0.1, 0.15) is 22.4 Å². The van der Waals surface area contributed by atoms with Gasteiger partial charge in [-0.2, -0.15) is 13.2 Å². The van der Waals surface area contributed by atoms with Gasteiger partial charge in [0.15, 0.2) is 0 Å². The molecule has 2 nitrogen and oxygen atoms in total. The summed E-state index contributed by atoms with van der Waals surface area (Å²) >= 11 is 1.60. The van der Waals surface area contributed by atoms with E-state index in [9.17, 15) is 18.0 Å². The minimum Gasteiger partial charge on any atom is -0.352 e. The van der Waals surface area contributed by atoms with Gasteiger partial charge in [-0.25, -0.2) is 0 Å². The molecule has 112 valence electrons. The highest BCUT2D eigenvalue weighted by Crippen LogP contribution is 2.29. The molecule has 0 aliphatic carbocycles. The standard InChI is InChI=1S/C15H14F3NOS/c16-15(17,18)12-5-3-11(4-6-12)10-19-14(20)8-7-13-2-1-9-21-13/h1-6,9H,7-8,10H2,(H,19,20). The number of benzene rings is 1. The van der Waals surface area contributed by atoms with Gasteiger partial charge in [-0.3, -0.25) is 4.79 Å². The van der Waals surface area contributed by atoms with Crippen molar-refractivity contribution in [3.63, 3.8) is 0 Å². The highest BCUT2D eigenvalue weighted by Gasteiger charge is 2.29. The predicted octanol–water partition coefficient (Wildman–Crippen LogP) is 4.02. The van der Waals surface area contributed by atoms with E-state index in [1.807, 2.05) is 17.5 Å². The van der Waals surface area contributed by atoms with Crippen LogP contribution in [0.4, 0.5) is 13.2 Å². The lowest BCUT2D eigenvalue weighted by molar-refractivity contribution is -0.137. The van der Waals surface area contributed by atoms with Crippen molar-refractivity contribution in [1.82, 2.24) is 5.32 Å². The van der Waals surface area contributed by atoms with E-state index in [-0.39, 0.29) is 12.5 Å². The first kappa shape index (κ1) is 15.6. The quantitative estimate of drug-likeness (QED) is 0.887. The number of aryl methyl sites for hydroxylation is 1. The van der Waals surface area contributed by atoms with Crippen molar-refractivity contribution in [2.24, 2.45) is 0 Å². The van der Waals surface area contributed by atoms with Crippen molar-refractivity contribution in [2.75, 3.05) is 0 Å². The molecule has 0 radical (unpaired) electrons. The highest BCUT2D eigenvalue weighted by atomic mass is 32.1. The first-order chi connectivity index (χ1) is 9.95. The average molecular weight is 313 g/mol. The lowest BCUT2D eigenvalue weighted by Crippen LogP contribution is -2.22. The Morgan fingerprint density at radius 1 is 1.14 bits per heavy atom. The summed E-state index contributed by atoms with van der Waals surface area (Å²) in [5.41, 5.74) is -0.0391. The predicted molar refractivity (Wildman–Crippen MR) is 75.9 cm³/mol. The van der Waals surface area contributed by atoms with E-state index in [0.29, 0.717) is 18.4 Å². The minimum atomic E-state index is -4.33. The van der Waals surface area contributed by atoms with E-state index in [2.05, 4.69) is 5.32 Å². The van der Waals surface area contributed by atoms with Crippen LogP contribution < -0.4 is 5.32 Å². The van der Waals surface area contributed by atoms with Gasteiger partial charge in [-0.1, -0.05) is 18.2 Å². The number of carbonyl (C=O) groups excluding carboxylic acids is 1. The van der Waals surface area contributed by atoms with Crippen molar-refractivity contribution in [1.29, 1.82) is 0 Å². The highest BCUT2D eigenvalue weighted by molar-refractivity contribution is 7.09. The molecule has 0 atom stereocenters. The largest absolute Gasteiger partial charge is 0.416 e. The van der Waals surface area contributed by atoms with Crippen LogP contribution in [0.2, 0.25) is 0 Å². The zero-order chi connectivity index (χ0) is 15.3. The van der Waals surface area contributed by atoms with Crippen LogP contribution in [-0.2, 0) is 23.9 Å². The molecule has 2 aromatic rings. The smallest absolute Gasteiger partial charge is 0.352 e. The Hall–Kier alpha value is -1.82. The molecule has 0 aliphatic heterocycles. The summed E-state index contributed by atoms with van der Waals surface area (Å²) < 4.78 is 37.2. The van der Waals surface area contributed by atoms with Crippen molar-refractivity contribution >= 4 is 17.2 Å². The van der Waals surface area contributed by atoms with Gasteiger partial charge in [0.2, 0.25) is 5.91 Å². The fourth-order valence-electron chi connectivity index (χ4n) is 1.79. The molecule has 21 heavy (non-hydrogen) atoms. The second kappa shape index (κ2) is 6.76. The molecule has 1 amide bonds. The second-order valence-electron chi connectivity index (χ2n) is 4.55. The lowest BCUT2D eigenvalue weighted by Gasteiger charge is -2.08. The van der Waals surface area contributed by atoms with Gasteiger partial charge in [-0.15, -0.1) is 11.3 Å². The zero-order valence-electron chi connectivity index (χ0n) is 11.1. The molecule has 1 heterocycles. The van der Waals surface area contributed by atoms with Crippen LogP contribution in [0.25, 0.3) is 0 Å². The molecule has 2 rings (SSSR count). The van der Waals surface area contributed by atoms with Gasteiger partial charge in [-0.05, 0) is 35.6 Å². The van der Waals surface area contributed by atoms with Crippen LogP contribution in [0.5, 0.6) is 0 Å². The molecule has 0 saturated carbocycles. The van der Waals surface area contributed by atoms with Crippen LogP contribution in [-0.4, -0.2) is 5.91 Å². The molecule has 0 spiro atoms. The van der Waals surface area contributed by atoms with Gasteiger partial charge in [0.05, 0.1) is 5.56 Å². The van der Waals surface area contributed by atoms with Crippen LogP contribution in [0, 0.1) is 0 Å². The van der Waals surface area contributed by atoms with E-state index < -0.39 is 11.7 Å². The summed E-state index contributed by atoms with van der Waals surface area (Å²) in [6.45, 7) is 0.238. The first-order valence-corrected chi connectivity index (χ1v) is 7.28. The van der Waals surface area contributed by atoms with E-state index in [1.54, 1.807) is 11.3 Å². The third kappa shape index (κ3) is 4.90. The maximum Gasteiger partial charge on any atom is 0.416 e. The third-order valence-corrected chi connectivity index (χ3v) is 3.89. The molecule has 1 aromatic heterocycles. The van der Waals surface area contributed by atoms with E-state index >= 15 is 0 Å². The Kier molecular flexibility index (Phi) is 5.01. The Morgan fingerprint density at radius 2 is 1.86 bits per heavy atom. The summed E-state index contributed by atoms with van der Waals surface area (Å²) in [5, 5.41) is 4.66. The van der Waals surface area contributed by atoms with Gasteiger partial charge in [0.1, 0.15) is 0 Å². The number of hydrogen-bond donors (Lipinski definition) is 1. The molecular formula is C15H14F3NOS. The van der Waals surface area contributed by atoms with Crippen molar-refractivity contribution in [2.45, 2.75) is 25.6 Å². The van der Waals surface area contributed by atoms with Gasteiger partial charge in [0.25, 0.3) is 0 Å². The minimum absolute atomic E-state index is 0.108. The molecule has 0 unspecified atom stereocenters. The second-order valence-corrected chi connectivity index (χ2v) is 5.58. The van der Waals surface area contributed by atoms with E-state index in [4.69, 9.17) is 0 Å². The summed E-state index contributed by atoms with van der Waals surface area (Å²) in [4.78, 5) is 12.8. The summed E-state index contributed by atoms with van der Waals surface area (Å²) in [7, 11) is 0. The molecule has 1 aromatic carbocycles. The van der Waals surface area contributed by atoms with Gasteiger partial charge >= 0.3 is 6.18 Å². The molecule has 0 aliphatic rings. The SMILES string of the molecule is O=C(CCc1cccs1)NCc1ccc(C(F)(F)F)cc1. The summed E-state index contributed by atoms with van der Waals surface area (Å²) in [6.07, 6.45) is -3.28. The molecule has 0 fully saturated rings. The normalized spacial score (nSPS) is 11.4. The Labute approximate surface area is 124 Å². The van der Waals surface area contributed by atoms with Gasteiger partial charge in [0, 0.05) is 17.8 Å². The number of carbonyl (C=O) groups is 1. The van der Waals surface area contributed by atoms with Crippen LogP contribution >= 0.6 is 11.3 Å². The number of nitrogens with one attached hydrogen (secondary N) is 1. The Morgan fingerprint density at radius 3 is 2.43 bits per heavy atom. The topological polar surface area (TPSA) is 29.1 Å². The number of halogens is 3. The number of rotatable bonds is 5. The fourth-order valence-corrected chi connectivity index (χ4v) is 2.50. The fraction of sp³-hybridized carbons (Fsp3) is 0.267. The van der Waals surface area contributed by atoms with Crippen molar-refractivity contribution in [3.8, 4) is 0 Å². The van der Waals surface area contributed by atoms with E-state index in [0.717, 1.165) is 17.0 Å². The summed E-state index contributed by atoms with van der Waals surface area (Å²) in [6, 6.07) is 8.69. The Bertz CT molecular complexity index is 576. The zero-order valence-corrected chi connectivity index (χ0v) is 11.9. The summed E-state index contributed by atoms with van der Waals surface area (Å²) in [5.74, 6) is -0.108. The average Bonchev–Trinajstić information content (AvgIpc) is 2.95. The maximum atomic E-state index is 12.4. The van der Waals surface area contributed by atoms with Crippen molar-refractivity contribution in [3.05, 3.63) is 57.8 Å². The molecule has 0 saturated heterocycles. The third-order valence-electron chi connectivity index (χ3n) is 2.95. The molecule has 6 heteroatoms. The first-order valence-electron chi connectivity index (χ1n) is 6.40. The number of alkyl halides is 3. The number of thiophene rings is 1. The van der Waals surface area contributed by atoms with Crippen LogP contribution in [0.15, 0.2) is 41.8 Å². The Balaban J connectivity index is 1.78. The molecule has 1 N–H and O–H groups in total. The molecular weight excluding hydrogens is 299 g/mol.